The number of hydrogen-bond acceptors (Lipinski definition) is 8. The topological polar surface area (TPSA) is 117 Å². The minimum Gasteiger partial charge on any atom is -0.444 e. The Labute approximate surface area is 195 Å². The van der Waals surface area contributed by atoms with Crippen molar-refractivity contribution in [2.45, 2.75) is 70.4 Å². The third-order valence-corrected chi connectivity index (χ3v) is 5.02. The number of amides is 1. The van der Waals surface area contributed by atoms with Gasteiger partial charge in [-0.3, -0.25) is 4.57 Å². The first kappa shape index (κ1) is 26.6. The van der Waals surface area contributed by atoms with Crippen molar-refractivity contribution < 1.29 is 41.0 Å². The number of ether oxygens (including phenoxy) is 1. The Kier molecular flexibility index (Phi) is 7.24. The number of fused-ring (bicyclic) bond motifs is 1. The molecule has 3 heterocycles. The summed E-state index contributed by atoms with van der Waals surface area (Å²) in [5.74, 6) is -0.778. The highest BCUT2D eigenvalue weighted by Gasteiger charge is 2.42. The summed E-state index contributed by atoms with van der Waals surface area (Å²) in [6.07, 6.45) is -9.37. The average Bonchev–Trinajstić information content (AvgIpc) is 3.29. The number of carbonyl (C=O) groups excluding carboxylic acids is 1. The fourth-order valence-electron chi connectivity index (χ4n) is 3.34. The predicted octanol–water partition coefficient (Wildman–Crippen LogP) is 3.31. The Bertz CT molecular complexity index is 1060. The predicted molar refractivity (Wildman–Crippen MR) is 112 cm³/mol. The van der Waals surface area contributed by atoms with E-state index in [9.17, 15) is 36.2 Å². The molecule has 0 aliphatic carbocycles. The Morgan fingerprint density at radius 2 is 1.89 bits per heavy atom. The van der Waals surface area contributed by atoms with Crippen molar-refractivity contribution in [3.63, 3.8) is 0 Å². The van der Waals surface area contributed by atoms with Crippen molar-refractivity contribution in [3.05, 3.63) is 6.33 Å². The van der Waals surface area contributed by atoms with Gasteiger partial charge in [-0.05, 0) is 27.7 Å². The highest BCUT2D eigenvalue weighted by molar-refractivity contribution is 5.84. The molecule has 196 valence electrons. The summed E-state index contributed by atoms with van der Waals surface area (Å²) in [5.41, 5.74) is -1.44. The number of anilines is 2. The van der Waals surface area contributed by atoms with Crippen LogP contribution >= 0.6 is 0 Å². The van der Waals surface area contributed by atoms with Crippen LogP contribution in [0.3, 0.4) is 0 Å². The number of nitrogens with zero attached hydrogens (tertiary/aromatic N) is 5. The summed E-state index contributed by atoms with van der Waals surface area (Å²) in [4.78, 5) is 25.0. The van der Waals surface area contributed by atoms with Crippen LogP contribution < -0.4 is 10.6 Å². The van der Waals surface area contributed by atoms with Crippen LogP contribution in [0.15, 0.2) is 6.33 Å². The third kappa shape index (κ3) is 6.15. The lowest BCUT2D eigenvalue weighted by atomic mass is 10.2. The van der Waals surface area contributed by atoms with Crippen LogP contribution in [0.5, 0.6) is 0 Å². The molecule has 10 nitrogen and oxygen atoms in total. The van der Waals surface area contributed by atoms with Crippen molar-refractivity contribution in [2.24, 2.45) is 0 Å². The summed E-state index contributed by atoms with van der Waals surface area (Å²) in [5, 5.41) is 14.3. The van der Waals surface area contributed by atoms with E-state index in [0.29, 0.717) is 4.57 Å². The summed E-state index contributed by atoms with van der Waals surface area (Å²) >= 11 is 0. The zero-order valence-electron chi connectivity index (χ0n) is 19.1. The second-order valence-corrected chi connectivity index (χ2v) is 9.07. The molecule has 1 fully saturated rings. The molecule has 3 rings (SSSR count). The number of aliphatic hydroxyl groups is 1. The first-order valence-electron chi connectivity index (χ1n) is 10.5. The molecule has 1 aliphatic heterocycles. The zero-order chi connectivity index (χ0) is 26.3. The first-order chi connectivity index (χ1) is 16.1. The van der Waals surface area contributed by atoms with Gasteiger partial charge in [-0.2, -0.15) is 31.9 Å². The van der Waals surface area contributed by atoms with Crippen LogP contribution in [-0.2, 0) is 4.74 Å². The normalized spacial score (nSPS) is 20.9. The molecule has 0 aromatic carbocycles. The Hall–Kier alpha value is -3.04. The molecule has 0 spiro atoms. The summed E-state index contributed by atoms with van der Waals surface area (Å²) in [6, 6.07) is -2.70. The van der Waals surface area contributed by atoms with Crippen molar-refractivity contribution >= 4 is 29.0 Å². The number of aliphatic hydroxyl groups excluding tert-OH is 1. The zero-order valence-corrected chi connectivity index (χ0v) is 19.1. The highest BCUT2D eigenvalue weighted by Crippen LogP contribution is 2.29. The maximum atomic E-state index is 14.7. The van der Waals surface area contributed by atoms with Crippen LogP contribution in [0.4, 0.5) is 42.9 Å². The molecule has 1 amide bonds. The summed E-state index contributed by atoms with van der Waals surface area (Å²) in [7, 11) is 0. The number of halogens is 6. The number of hydrogen-bond donors (Lipinski definition) is 3. The molecule has 2 aromatic rings. The maximum absolute atomic E-state index is 14.7. The highest BCUT2D eigenvalue weighted by atomic mass is 19.4. The maximum Gasteiger partial charge on any atom is 0.416 e. The number of alkyl halides is 6. The molecule has 2 aromatic heterocycles. The molecule has 0 saturated carbocycles. The molecule has 0 radical (unpaired) electrons. The van der Waals surface area contributed by atoms with E-state index in [0.717, 1.165) is 18.2 Å². The minimum absolute atomic E-state index is 0.164. The van der Waals surface area contributed by atoms with Crippen LogP contribution in [0.1, 0.15) is 34.2 Å². The number of rotatable bonds is 6. The van der Waals surface area contributed by atoms with Crippen LogP contribution in [0.25, 0.3) is 11.2 Å². The van der Waals surface area contributed by atoms with E-state index in [1.54, 1.807) is 20.8 Å². The van der Waals surface area contributed by atoms with Crippen molar-refractivity contribution in [2.75, 3.05) is 23.7 Å². The fraction of sp³-hybridized carbons (Fsp3) is 0.684. The van der Waals surface area contributed by atoms with Crippen LogP contribution in [0.2, 0.25) is 0 Å². The molecule has 1 aliphatic rings. The van der Waals surface area contributed by atoms with E-state index in [4.69, 9.17) is 4.74 Å². The van der Waals surface area contributed by atoms with Gasteiger partial charge in [0, 0.05) is 6.54 Å². The lowest BCUT2D eigenvalue weighted by molar-refractivity contribution is -0.206. The fourth-order valence-corrected chi connectivity index (χ4v) is 3.34. The molecule has 1 saturated heterocycles. The Morgan fingerprint density at radius 1 is 1.23 bits per heavy atom. The molecule has 0 bridgehead atoms. The quantitative estimate of drug-likeness (QED) is 0.504. The largest absolute Gasteiger partial charge is 0.444 e. The minimum atomic E-state index is -4.96. The summed E-state index contributed by atoms with van der Waals surface area (Å²) in [6.45, 7) is 2.37. The van der Waals surface area contributed by atoms with Crippen LogP contribution in [0, 0.1) is 0 Å². The first-order valence-corrected chi connectivity index (χ1v) is 10.5. The second-order valence-electron chi connectivity index (χ2n) is 9.07. The van der Waals surface area contributed by atoms with Gasteiger partial charge < -0.3 is 25.4 Å². The second kappa shape index (κ2) is 9.54. The lowest BCUT2D eigenvalue weighted by Gasteiger charge is -2.24. The van der Waals surface area contributed by atoms with Crippen molar-refractivity contribution in [1.82, 2.24) is 24.4 Å². The monoisotopic (exact) mass is 513 g/mol. The van der Waals surface area contributed by atoms with Crippen LogP contribution in [-0.4, -0.2) is 84.8 Å². The number of nitrogens with one attached hydrogen (secondary N) is 2. The van der Waals surface area contributed by atoms with Gasteiger partial charge in [0.05, 0.1) is 18.6 Å². The van der Waals surface area contributed by atoms with Gasteiger partial charge in [0.25, 0.3) is 0 Å². The van der Waals surface area contributed by atoms with E-state index < -0.39 is 60.4 Å². The SMILES string of the molecule is C[C@H](Nc1nc(NC2CN(C(=O)OC(C)(C)C)CC2F)c2ncn(C(F)F)c2n1)[C@@H](O)C(F)(F)F. The number of imidazole rings is 1. The number of carbonyl (C=O) groups is 1. The molecular formula is C19H25F6N7O3. The van der Waals surface area contributed by atoms with Gasteiger partial charge in [-0.15, -0.1) is 0 Å². The molecule has 2 unspecified atom stereocenters. The average molecular weight is 513 g/mol. The molecular weight excluding hydrogens is 488 g/mol. The van der Waals surface area contributed by atoms with E-state index in [1.807, 2.05) is 0 Å². The van der Waals surface area contributed by atoms with Gasteiger partial charge >= 0.3 is 18.8 Å². The van der Waals surface area contributed by atoms with Gasteiger partial charge in [0.1, 0.15) is 18.1 Å². The van der Waals surface area contributed by atoms with Gasteiger partial charge in [0.15, 0.2) is 23.1 Å². The number of aromatic nitrogens is 4. The Balaban J connectivity index is 1.89. The lowest BCUT2D eigenvalue weighted by Crippen LogP contribution is -2.42. The standard InChI is InChI=1S/C19H25F6N7O3/c1-8(12(33)19(23,24)25)27-16-29-13(11-14(30-16)32(7-26-11)15(21)22)28-10-6-31(5-9(10)20)17(34)35-18(2,3)4/h7-10,12,15,33H,5-6H2,1-4H3,(H2,27,28,29,30)/t8-,9?,10?,12+/m0/s1. The van der Waals surface area contributed by atoms with Crippen molar-refractivity contribution in [3.8, 4) is 0 Å². The van der Waals surface area contributed by atoms with E-state index in [1.165, 1.54) is 0 Å². The number of likely N-dealkylation sites (tertiary alicyclic amines) is 1. The molecule has 4 atom stereocenters. The summed E-state index contributed by atoms with van der Waals surface area (Å²) < 4.78 is 85.6. The smallest absolute Gasteiger partial charge is 0.416 e. The van der Waals surface area contributed by atoms with E-state index >= 15 is 0 Å². The van der Waals surface area contributed by atoms with Gasteiger partial charge in [-0.25, -0.2) is 14.2 Å². The molecule has 16 heteroatoms. The van der Waals surface area contributed by atoms with Crippen molar-refractivity contribution in [1.29, 1.82) is 0 Å². The Morgan fingerprint density at radius 3 is 2.46 bits per heavy atom. The van der Waals surface area contributed by atoms with E-state index in [-0.39, 0.29) is 24.4 Å². The molecule has 35 heavy (non-hydrogen) atoms. The van der Waals surface area contributed by atoms with E-state index in [2.05, 4.69) is 25.6 Å². The van der Waals surface area contributed by atoms with Gasteiger partial charge in [0.2, 0.25) is 5.95 Å². The molecule has 3 N–H and O–H groups in total. The third-order valence-electron chi connectivity index (χ3n) is 5.02. The van der Waals surface area contributed by atoms with Gasteiger partial charge in [-0.1, -0.05) is 0 Å².